The van der Waals surface area contributed by atoms with E-state index < -0.39 is 35.2 Å². The lowest BCUT2D eigenvalue weighted by molar-refractivity contribution is -0.238. The average molecular weight is 601 g/mol. The van der Waals surface area contributed by atoms with Crippen molar-refractivity contribution in [1.82, 2.24) is 0 Å². The number of benzene rings is 1. The van der Waals surface area contributed by atoms with E-state index >= 15 is 0 Å². The fourth-order valence-electron chi connectivity index (χ4n) is 8.36. The van der Waals surface area contributed by atoms with Gasteiger partial charge in [0.15, 0.2) is 23.7 Å². The average Bonchev–Trinajstić information content (AvgIpc) is 3.00. The summed E-state index contributed by atoms with van der Waals surface area (Å²) in [5.41, 5.74) is 0. The van der Waals surface area contributed by atoms with Gasteiger partial charge in [-0.05, 0) is 87.9 Å². The zero-order valence-corrected chi connectivity index (χ0v) is 25.1. The van der Waals surface area contributed by atoms with Crippen LogP contribution in [0.1, 0.15) is 110 Å². The number of alkyl halides is 2. The predicted octanol–water partition coefficient (Wildman–Crippen LogP) is 10.1. The fraction of sp³-hybridized carbons (Fsp3) is 0.824. The number of hydrogen-bond acceptors (Lipinski definition) is 3. The first-order chi connectivity index (χ1) is 20.2. The van der Waals surface area contributed by atoms with Crippen LogP contribution in [-0.2, 0) is 9.47 Å². The predicted molar refractivity (Wildman–Crippen MR) is 152 cm³/mol. The van der Waals surface area contributed by atoms with Crippen molar-refractivity contribution in [2.75, 3.05) is 13.2 Å². The highest BCUT2D eigenvalue weighted by Crippen LogP contribution is 2.47. The maximum Gasteiger partial charge on any atom is 0.400 e. The van der Waals surface area contributed by atoms with Gasteiger partial charge in [0, 0.05) is 24.0 Å². The van der Waals surface area contributed by atoms with E-state index in [2.05, 4.69) is 11.7 Å². The second-order valence-electron chi connectivity index (χ2n) is 13.7. The first-order valence-corrected chi connectivity index (χ1v) is 16.7. The van der Waals surface area contributed by atoms with E-state index in [9.17, 15) is 22.0 Å². The lowest BCUT2D eigenvalue weighted by Crippen LogP contribution is -2.42. The molecule has 0 radical (unpaired) electrons. The molecule has 3 saturated carbocycles. The van der Waals surface area contributed by atoms with Crippen LogP contribution in [-0.4, -0.2) is 25.6 Å². The summed E-state index contributed by atoms with van der Waals surface area (Å²) in [7, 11) is 0. The maximum absolute atomic E-state index is 14.8. The normalized spacial score (nSPS) is 34.7. The summed E-state index contributed by atoms with van der Waals surface area (Å²) >= 11 is 0. The summed E-state index contributed by atoms with van der Waals surface area (Å²) in [6, 6.07) is 0.938. The Bertz CT molecular complexity index is 950. The van der Waals surface area contributed by atoms with E-state index in [1.54, 1.807) is 0 Å². The minimum atomic E-state index is -3.57. The monoisotopic (exact) mass is 600 g/mol. The van der Waals surface area contributed by atoms with Crippen molar-refractivity contribution in [2.24, 2.45) is 41.4 Å². The molecule has 3 aliphatic carbocycles. The molecule has 1 aromatic rings. The minimum Gasteiger partial charge on any atom is -0.432 e. The van der Waals surface area contributed by atoms with Gasteiger partial charge in [0.2, 0.25) is 0 Å². The van der Waals surface area contributed by atoms with E-state index in [1.165, 1.54) is 51.4 Å². The molecule has 0 aromatic heterocycles. The Hall–Kier alpha value is -1.41. The van der Waals surface area contributed by atoms with Gasteiger partial charge < -0.3 is 14.2 Å². The molecule has 0 unspecified atom stereocenters. The molecule has 8 heteroatoms. The molecule has 3 nitrogen and oxygen atoms in total. The van der Waals surface area contributed by atoms with Crippen molar-refractivity contribution in [2.45, 2.75) is 122 Å². The van der Waals surface area contributed by atoms with Crippen molar-refractivity contribution in [3.63, 3.8) is 0 Å². The molecule has 0 N–H and O–H groups in total. The largest absolute Gasteiger partial charge is 0.432 e. The Labute approximate surface area is 248 Å². The van der Waals surface area contributed by atoms with Gasteiger partial charge >= 0.3 is 6.11 Å². The zero-order chi connectivity index (χ0) is 29.7. The summed E-state index contributed by atoms with van der Waals surface area (Å²) < 4.78 is 87.0. The number of ether oxygens (including phenoxy) is 3. The summed E-state index contributed by atoms with van der Waals surface area (Å²) in [5.74, 6) is -3.02. The van der Waals surface area contributed by atoms with Crippen molar-refractivity contribution < 1.29 is 36.2 Å². The van der Waals surface area contributed by atoms with Gasteiger partial charge in [-0.15, -0.1) is 0 Å². The first-order valence-electron chi connectivity index (χ1n) is 16.7. The zero-order valence-electron chi connectivity index (χ0n) is 25.1. The minimum absolute atomic E-state index is 0.111. The van der Waals surface area contributed by atoms with Gasteiger partial charge in [0.1, 0.15) is 5.75 Å². The molecule has 4 fully saturated rings. The third kappa shape index (κ3) is 7.99. The summed E-state index contributed by atoms with van der Waals surface area (Å²) in [6.07, 6.45) is 13.3. The second kappa shape index (κ2) is 14.6. The van der Waals surface area contributed by atoms with Crippen molar-refractivity contribution in [3.05, 3.63) is 29.6 Å². The molecule has 0 amide bonds. The van der Waals surface area contributed by atoms with Crippen LogP contribution in [0.2, 0.25) is 0 Å². The lowest BCUT2D eigenvalue weighted by Gasteiger charge is -2.43. The van der Waals surface area contributed by atoms with Crippen LogP contribution in [0.15, 0.2) is 12.1 Å². The summed E-state index contributed by atoms with van der Waals surface area (Å²) in [5, 5.41) is 0. The van der Waals surface area contributed by atoms with Gasteiger partial charge in [0.05, 0.1) is 19.1 Å². The molecule has 5 rings (SSSR count). The van der Waals surface area contributed by atoms with E-state index in [1.807, 2.05) is 0 Å². The van der Waals surface area contributed by atoms with Crippen LogP contribution in [0.5, 0.6) is 5.75 Å². The summed E-state index contributed by atoms with van der Waals surface area (Å²) in [4.78, 5) is 0. The van der Waals surface area contributed by atoms with E-state index in [-0.39, 0.29) is 6.29 Å². The molecule has 1 aromatic carbocycles. The number of halogens is 5. The molecule has 0 bridgehead atoms. The Morgan fingerprint density at radius 2 is 1.19 bits per heavy atom. The topological polar surface area (TPSA) is 27.7 Å². The molecule has 1 aliphatic heterocycles. The molecule has 238 valence electrons. The third-order valence-corrected chi connectivity index (χ3v) is 11.0. The van der Waals surface area contributed by atoms with Gasteiger partial charge in [-0.1, -0.05) is 45.4 Å². The van der Waals surface area contributed by atoms with E-state index in [0.717, 1.165) is 50.7 Å². The first kappa shape index (κ1) is 32.0. The second-order valence-corrected chi connectivity index (χ2v) is 13.7. The Kier molecular flexibility index (Phi) is 11.1. The lowest BCUT2D eigenvalue weighted by atomic mass is 9.69. The third-order valence-electron chi connectivity index (χ3n) is 11.0. The molecule has 0 spiro atoms. The number of hydrogen-bond donors (Lipinski definition) is 0. The smallest absolute Gasteiger partial charge is 0.400 e. The highest BCUT2D eigenvalue weighted by molar-refractivity contribution is 5.25. The maximum atomic E-state index is 14.8. The van der Waals surface area contributed by atoms with Gasteiger partial charge in [-0.3, -0.25) is 0 Å². The fourth-order valence-corrected chi connectivity index (χ4v) is 8.36. The number of unbranched alkanes of at least 4 members (excludes halogenated alkanes) is 2. The van der Waals surface area contributed by atoms with Gasteiger partial charge in [0.25, 0.3) is 0 Å². The molecule has 1 saturated heterocycles. The van der Waals surface area contributed by atoms with Crippen LogP contribution in [0.3, 0.4) is 0 Å². The van der Waals surface area contributed by atoms with Gasteiger partial charge in [-0.2, -0.15) is 8.78 Å². The molecule has 1 heterocycles. The molecular formula is C34H49F5O3. The Morgan fingerprint density at radius 3 is 1.76 bits per heavy atom. The van der Waals surface area contributed by atoms with Crippen molar-refractivity contribution in [1.29, 1.82) is 0 Å². The standard InChI is InChI=1S/C34H49F5O3/c1-2-3-4-5-22-6-8-25(9-7-22)27-20-40-33(41-21-27)26-12-10-23(11-13-26)24-14-16-28(17-15-24)34(38,39)42-29-18-30(35)32(37)31(36)19-29/h18-19,22-28,33H,2-17,20-21H2,1H3. The van der Waals surface area contributed by atoms with Crippen LogP contribution in [0.25, 0.3) is 0 Å². The van der Waals surface area contributed by atoms with Crippen molar-refractivity contribution in [3.8, 4) is 5.75 Å². The molecular weight excluding hydrogens is 551 g/mol. The van der Waals surface area contributed by atoms with Crippen molar-refractivity contribution >= 4 is 0 Å². The number of rotatable bonds is 10. The van der Waals surface area contributed by atoms with Crippen LogP contribution < -0.4 is 4.74 Å². The van der Waals surface area contributed by atoms with Gasteiger partial charge in [-0.25, -0.2) is 13.2 Å². The quantitative estimate of drug-likeness (QED) is 0.152. The molecule has 0 atom stereocenters. The van der Waals surface area contributed by atoms with E-state index in [4.69, 9.17) is 9.47 Å². The van der Waals surface area contributed by atoms with Crippen LogP contribution >= 0.6 is 0 Å². The Balaban J connectivity index is 0.995. The highest BCUT2D eigenvalue weighted by atomic mass is 19.3. The Morgan fingerprint density at radius 1 is 0.690 bits per heavy atom. The summed E-state index contributed by atoms with van der Waals surface area (Å²) in [6.45, 7) is 3.89. The van der Waals surface area contributed by atoms with E-state index in [0.29, 0.717) is 61.5 Å². The molecule has 42 heavy (non-hydrogen) atoms. The highest BCUT2D eigenvalue weighted by Gasteiger charge is 2.46. The molecule has 4 aliphatic rings. The van der Waals surface area contributed by atoms with Crippen LogP contribution in [0.4, 0.5) is 22.0 Å². The van der Waals surface area contributed by atoms with Crippen LogP contribution in [0, 0.1) is 58.9 Å². The SMILES string of the molecule is CCCCCC1CCC(C2COC(C3CCC(C4CCC(C(F)(F)Oc5cc(F)c(F)c(F)c5)CC4)CC3)OC2)CC1.